The average molecular weight is 666 g/mol. The second kappa shape index (κ2) is 18.3. The minimum atomic E-state index is -1.58. The average Bonchev–Trinajstić information content (AvgIpc) is 3.03. The normalized spacial score (nSPS) is 32.5. The maximum absolute atomic E-state index is 12.8. The Morgan fingerprint density at radius 1 is 0.867 bits per heavy atom. The highest BCUT2D eigenvalue weighted by Crippen LogP contribution is 2.25. The van der Waals surface area contributed by atoms with Crippen LogP contribution in [0.3, 0.4) is 0 Å². The Bertz CT molecular complexity index is 1050. The predicted octanol–water partition coefficient (Wildman–Crippen LogP) is -3.60. The number of aliphatic hydroxyl groups is 8. The summed E-state index contributed by atoms with van der Waals surface area (Å²) >= 11 is 1.35. The third kappa shape index (κ3) is 10.4. The molecule has 2 heterocycles. The number of carbonyl (C=O) groups is 2. The molecule has 0 bridgehead atoms. The molecule has 11 atom stereocenters. The molecule has 0 saturated carbocycles. The van der Waals surface area contributed by atoms with Crippen molar-refractivity contribution in [2.24, 2.45) is 0 Å². The van der Waals surface area contributed by atoms with Crippen LogP contribution in [0.5, 0.6) is 5.75 Å². The number of hydrogen-bond acceptors (Lipinski definition) is 16. The molecular formula is C28H43NO15S. The Morgan fingerprint density at radius 2 is 1.44 bits per heavy atom. The smallest absolute Gasteiger partial charge is 0.329 e. The van der Waals surface area contributed by atoms with Gasteiger partial charge in [0.05, 0.1) is 32.8 Å². The van der Waals surface area contributed by atoms with Crippen molar-refractivity contribution < 1.29 is 74.1 Å². The van der Waals surface area contributed by atoms with Crippen molar-refractivity contribution in [3.63, 3.8) is 0 Å². The van der Waals surface area contributed by atoms with Gasteiger partial charge in [-0.25, -0.2) is 4.79 Å². The minimum absolute atomic E-state index is 0.0756. The van der Waals surface area contributed by atoms with Gasteiger partial charge in [0.15, 0.2) is 6.29 Å². The molecule has 2 aliphatic rings. The van der Waals surface area contributed by atoms with E-state index in [1.165, 1.54) is 23.9 Å². The lowest BCUT2D eigenvalue weighted by Crippen LogP contribution is -2.60. The van der Waals surface area contributed by atoms with E-state index in [2.05, 4.69) is 5.32 Å². The highest BCUT2D eigenvalue weighted by molar-refractivity contribution is 7.99. The van der Waals surface area contributed by atoms with Crippen molar-refractivity contribution in [1.82, 2.24) is 5.32 Å². The van der Waals surface area contributed by atoms with Crippen LogP contribution in [0.15, 0.2) is 24.3 Å². The summed E-state index contributed by atoms with van der Waals surface area (Å²) in [5.41, 5.74) is 0.578. The molecule has 2 saturated heterocycles. The van der Waals surface area contributed by atoms with Gasteiger partial charge < -0.3 is 69.9 Å². The third-order valence-electron chi connectivity index (χ3n) is 7.14. The van der Waals surface area contributed by atoms with Crippen molar-refractivity contribution in [2.75, 3.05) is 37.9 Å². The Morgan fingerprint density at radius 3 is 2.02 bits per heavy atom. The lowest BCUT2D eigenvalue weighted by Gasteiger charge is -2.39. The molecule has 16 nitrogen and oxygen atoms in total. The summed E-state index contributed by atoms with van der Waals surface area (Å²) in [4.78, 5) is 25.2. The van der Waals surface area contributed by atoms with Gasteiger partial charge >= 0.3 is 5.97 Å². The summed E-state index contributed by atoms with van der Waals surface area (Å²) in [7, 11) is 0. The highest BCUT2D eigenvalue weighted by atomic mass is 32.2. The van der Waals surface area contributed by atoms with Gasteiger partial charge in [-0.2, -0.15) is 11.8 Å². The summed E-state index contributed by atoms with van der Waals surface area (Å²) in [5.74, 6) is -0.100. The molecule has 256 valence electrons. The number of nitrogens with one attached hydrogen (secondary N) is 1. The van der Waals surface area contributed by atoms with Gasteiger partial charge in [-0.15, -0.1) is 0 Å². The van der Waals surface area contributed by atoms with Gasteiger partial charge in [0.1, 0.15) is 60.6 Å². The summed E-state index contributed by atoms with van der Waals surface area (Å²) in [5, 5.41) is 81.0. The first kappa shape index (κ1) is 37.3. The van der Waals surface area contributed by atoms with Crippen LogP contribution in [-0.4, -0.2) is 158 Å². The SMILES string of the molecule is CCOC(=O)[C@H](CSCCCO[C@H]1O[C@H](CO)[C@@H](O)[C@H](O)[C@@H]1O)NC(=O)Cc1ccc(O[C@H]2O[C@H](CO)[C@@H](O)[C@H](O)[C@@H]2O)cc1. The molecule has 0 radical (unpaired) electrons. The Balaban J connectivity index is 1.44. The molecule has 1 aromatic carbocycles. The lowest BCUT2D eigenvalue weighted by molar-refractivity contribution is -0.300. The second-order valence-corrected chi connectivity index (χ2v) is 11.7. The first-order chi connectivity index (χ1) is 21.5. The molecule has 3 rings (SSSR count). The number of ether oxygens (including phenoxy) is 5. The van der Waals surface area contributed by atoms with E-state index >= 15 is 0 Å². The molecule has 0 aliphatic carbocycles. The van der Waals surface area contributed by atoms with Crippen molar-refractivity contribution >= 4 is 23.6 Å². The van der Waals surface area contributed by atoms with E-state index in [0.717, 1.165) is 0 Å². The molecular weight excluding hydrogens is 622 g/mol. The first-order valence-electron chi connectivity index (χ1n) is 14.5. The third-order valence-corrected chi connectivity index (χ3v) is 8.29. The Hall–Kier alpha value is -2.13. The molecule has 9 N–H and O–H groups in total. The second-order valence-electron chi connectivity index (χ2n) is 10.5. The zero-order valence-electron chi connectivity index (χ0n) is 24.7. The van der Waals surface area contributed by atoms with Crippen LogP contribution in [0.2, 0.25) is 0 Å². The zero-order valence-corrected chi connectivity index (χ0v) is 25.5. The Labute approximate surface area is 263 Å². The van der Waals surface area contributed by atoms with Gasteiger partial charge in [0.25, 0.3) is 0 Å². The van der Waals surface area contributed by atoms with E-state index in [0.29, 0.717) is 17.7 Å². The standard InChI is InChI=1S/C28H43NO15S/c1-2-40-26(39)16(13-45-9-3-8-41-27-24(37)22(35)20(33)17(11-30)43-27)29-19(32)10-14-4-6-15(7-5-14)42-28-25(38)23(36)21(34)18(12-31)44-28/h4-7,16-18,20-25,27-28,30-31,33-38H,2-3,8-13H2,1H3,(H,29,32)/t16-,17+,18+,20+,21+,22-,23-,24-,25-,27-,28-/m0/s1. The molecule has 0 spiro atoms. The fourth-order valence-electron chi connectivity index (χ4n) is 4.59. The van der Waals surface area contributed by atoms with Crippen LogP contribution in [0, 0.1) is 0 Å². The van der Waals surface area contributed by atoms with Gasteiger partial charge in [-0.3, -0.25) is 4.79 Å². The summed E-state index contributed by atoms with van der Waals surface area (Å²) < 4.78 is 26.7. The van der Waals surface area contributed by atoms with E-state index in [4.69, 9.17) is 23.7 Å². The number of rotatable bonds is 16. The predicted molar refractivity (Wildman–Crippen MR) is 155 cm³/mol. The zero-order chi connectivity index (χ0) is 33.1. The monoisotopic (exact) mass is 665 g/mol. The van der Waals surface area contributed by atoms with E-state index in [1.54, 1.807) is 19.1 Å². The van der Waals surface area contributed by atoms with E-state index < -0.39 is 92.5 Å². The molecule has 1 amide bonds. The molecule has 2 aliphatic heterocycles. The van der Waals surface area contributed by atoms with Gasteiger partial charge in [0, 0.05) is 5.75 Å². The maximum atomic E-state index is 12.8. The quantitative estimate of drug-likeness (QED) is 0.0611. The van der Waals surface area contributed by atoms with Crippen LogP contribution < -0.4 is 10.1 Å². The number of carbonyl (C=O) groups excluding carboxylic acids is 2. The summed E-state index contributed by atoms with van der Waals surface area (Å²) in [6, 6.07) is 5.26. The van der Waals surface area contributed by atoms with Crippen LogP contribution in [0.25, 0.3) is 0 Å². The fourth-order valence-corrected chi connectivity index (χ4v) is 5.54. The largest absolute Gasteiger partial charge is 0.464 e. The maximum Gasteiger partial charge on any atom is 0.329 e. The van der Waals surface area contributed by atoms with Crippen LogP contribution in [0.1, 0.15) is 18.9 Å². The molecule has 1 aromatic rings. The van der Waals surface area contributed by atoms with Crippen molar-refractivity contribution in [3.8, 4) is 5.75 Å². The summed E-state index contributed by atoms with van der Waals surface area (Å²) in [6.07, 6.45) is -13.6. The van der Waals surface area contributed by atoms with E-state index in [-0.39, 0.29) is 31.1 Å². The van der Waals surface area contributed by atoms with Crippen molar-refractivity contribution in [2.45, 2.75) is 87.2 Å². The van der Waals surface area contributed by atoms with Gasteiger partial charge in [-0.1, -0.05) is 12.1 Å². The molecule has 0 aromatic heterocycles. The van der Waals surface area contributed by atoms with Crippen molar-refractivity contribution in [3.05, 3.63) is 29.8 Å². The molecule has 2 fully saturated rings. The number of benzene rings is 1. The number of thioether (sulfide) groups is 1. The van der Waals surface area contributed by atoms with Crippen molar-refractivity contribution in [1.29, 1.82) is 0 Å². The number of amides is 1. The van der Waals surface area contributed by atoms with Crippen LogP contribution >= 0.6 is 11.8 Å². The number of esters is 1. The molecule has 0 unspecified atom stereocenters. The van der Waals surface area contributed by atoms with Crippen LogP contribution in [0.4, 0.5) is 0 Å². The highest BCUT2D eigenvalue weighted by Gasteiger charge is 2.45. The van der Waals surface area contributed by atoms with Gasteiger partial charge in [-0.05, 0) is 36.8 Å². The fraction of sp³-hybridized carbons (Fsp3) is 0.714. The summed E-state index contributed by atoms with van der Waals surface area (Å²) in [6.45, 7) is 0.728. The molecule has 45 heavy (non-hydrogen) atoms. The van der Waals surface area contributed by atoms with E-state index in [1.807, 2.05) is 0 Å². The number of aliphatic hydroxyl groups excluding tert-OH is 8. The van der Waals surface area contributed by atoms with E-state index in [9.17, 15) is 50.4 Å². The first-order valence-corrected chi connectivity index (χ1v) is 15.7. The Kier molecular flexibility index (Phi) is 15.2. The van der Waals surface area contributed by atoms with Crippen LogP contribution in [-0.2, 0) is 35.0 Å². The number of hydrogen-bond donors (Lipinski definition) is 9. The van der Waals surface area contributed by atoms with Gasteiger partial charge in [0.2, 0.25) is 12.2 Å². The topological polar surface area (TPSA) is 254 Å². The molecule has 17 heteroatoms. The minimum Gasteiger partial charge on any atom is -0.464 e. The lowest BCUT2D eigenvalue weighted by atomic mass is 9.99.